The normalized spacial score (nSPS) is 18.1. The predicted molar refractivity (Wildman–Crippen MR) is 152 cm³/mol. The Morgan fingerprint density at radius 1 is 1.08 bits per heavy atom. The fraction of sp³-hybridized carbons (Fsp3) is 0.516. The van der Waals surface area contributed by atoms with E-state index in [1.165, 1.54) is 5.56 Å². The number of hydrogen-bond donors (Lipinski definition) is 1. The Morgan fingerprint density at radius 2 is 1.92 bits per heavy atom. The van der Waals surface area contributed by atoms with Crippen LogP contribution in [0.25, 0.3) is 0 Å². The van der Waals surface area contributed by atoms with Crippen molar-refractivity contribution in [3.05, 3.63) is 70.8 Å². The number of ether oxygens (including phenoxy) is 4. The lowest BCUT2D eigenvalue weighted by Gasteiger charge is -2.31. The maximum Gasteiger partial charge on any atom is 0.161 e. The first kappa shape index (κ1) is 28.9. The summed E-state index contributed by atoms with van der Waals surface area (Å²) in [6, 6.07) is 10.2. The minimum Gasteiger partial charge on any atom is -0.493 e. The molecule has 4 rings (SSSR count). The quantitative estimate of drug-likeness (QED) is 0.341. The Balaban J connectivity index is 1.33. The molecule has 1 aliphatic rings. The molecule has 8 heteroatoms. The van der Waals surface area contributed by atoms with E-state index < -0.39 is 5.60 Å². The van der Waals surface area contributed by atoms with Crippen molar-refractivity contribution in [2.24, 2.45) is 0 Å². The van der Waals surface area contributed by atoms with Crippen molar-refractivity contribution in [1.29, 1.82) is 0 Å². The monoisotopic (exact) mass is 537 g/mol. The Bertz CT molecular complexity index is 1230. The highest BCUT2D eigenvalue weighted by atomic mass is 16.5. The average Bonchev–Trinajstić information content (AvgIpc) is 3.30. The fourth-order valence-corrected chi connectivity index (χ4v) is 5.04. The molecule has 1 saturated heterocycles. The number of aromatic nitrogens is 2. The summed E-state index contributed by atoms with van der Waals surface area (Å²) in [6.45, 7) is 12.5. The largest absolute Gasteiger partial charge is 0.493 e. The standard InChI is InChI=1S/C31H43N3O5/c1-6-30-32-10-12-34(30)11-7-14-38-27-9-8-26(18-29(27)36-5)19-33-13-15-37-21-31(35,20-33)22-39-28-17-23(2)16-24(3)25(28)4/h8-10,12,16-18,35H,6-7,11,13-15,19-22H2,1-5H3. The molecule has 0 bridgehead atoms. The van der Waals surface area contributed by atoms with Crippen LogP contribution in [0.1, 0.15) is 41.4 Å². The van der Waals surface area contributed by atoms with Crippen LogP contribution in [0, 0.1) is 20.8 Å². The first-order valence-electron chi connectivity index (χ1n) is 13.8. The molecule has 0 spiro atoms. The summed E-state index contributed by atoms with van der Waals surface area (Å²) in [6.07, 6.45) is 5.66. The highest BCUT2D eigenvalue weighted by molar-refractivity contribution is 5.43. The number of aliphatic hydroxyl groups is 1. The number of aryl methyl sites for hydroxylation is 4. The van der Waals surface area contributed by atoms with Gasteiger partial charge in [0, 0.05) is 45.0 Å². The van der Waals surface area contributed by atoms with Gasteiger partial charge in [-0.05, 0) is 67.6 Å². The molecule has 1 unspecified atom stereocenters. The number of imidazole rings is 1. The molecule has 0 radical (unpaired) electrons. The molecule has 1 fully saturated rings. The van der Waals surface area contributed by atoms with Crippen LogP contribution in [-0.4, -0.2) is 71.8 Å². The molecule has 0 amide bonds. The van der Waals surface area contributed by atoms with Gasteiger partial charge in [-0.1, -0.05) is 19.1 Å². The maximum atomic E-state index is 11.4. The lowest BCUT2D eigenvalue weighted by atomic mass is 10.0. The van der Waals surface area contributed by atoms with Gasteiger partial charge in [-0.15, -0.1) is 0 Å². The second-order valence-electron chi connectivity index (χ2n) is 10.6. The number of rotatable bonds is 12. The number of methoxy groups -OCH3 is 1. The van der Waals surface area contributed by atoms with Crippen LogP contribution < -0.4 is 14.2 Å². The highest BCUT2D eigenvalue weighted by Gasteiger charge is 2.34. The van der Waals surface area contributed by atoms with Crippen molar-refractivity contribution < 1.29 is 24.1 Å². The summed E-state index contributed by atoms with van der Waals surface area (Å²) in [7, 11) is 1.66. The van der Waals surface area contributed by atoms with Crippen LogP contribution in [0.5, 0.6) is 17.2 Å². The van der Waals surface area contributed by atoms with Gasteiger partial charge in [-0.2, -0.15) is 0 Å². The Hall–Kier alpha value is -3.07. The molecule has 1 N–H and O–H groups in total. The first-order valence-corrected chi connectivity index (χ1v) is 13.8. The van der Waals surface area contributed by atoms with Gasteiger partial charge >= 0.3 is 0 Å². The van der Waals surface area contributed by atoms with Gasteiger partial charge in [0.2, 0.25) is 0 Å². The Kier molecular flexibility index (Phi) is 9.88. The number of β-amino-alcohol motifs (C(OH)–C–C–N with tert-alkyl or cyclic N) is 1. The maximum absolute atomic E-state index is 11.4. The molecule has 8 nitrogen and oxygen atoms in total. The second-order valence-corrected chi connectivity index (χ2v) is 10.6. The molecular weight excluding hydrogens is 494 g/mol. The van der Waals surface area contributed by atoms with E-state index in [1.54, 1.807) is 7.11 Å². The van der Waals surface area contributed by atoms with Crippen molar-refractivity contribution in [3.8, 4) is 17.2 Å². The topological polar surface area (TPSA) is 78.2 Å². The summed E-state index contributed by atoms with van der Waals surface area (Å²) >= 11 is 0. The van der Waals surface area contributed by atoms with Crippen molar-refractivity contribution in [2.75, 3.05) is 46.6 Å². The minimum atomic E-state index is -1.11. The summed E-state index contributed by atoms with van der Waals surface area (Å²) in [5, 5.41) is 11.4. The van der Waals surface area contributed by atoms with Gasteiger partial charge in [-0.25, -0.2) is 4.98 Å². The molecule has 39 heavy (non-hydrogen) atoms. The number of hydrogen-bond acceptors (Lipinski definition) is 7. The van der Waals surface area contributed by atoms with Gasteiger partial charge < -0.3 is 28.6 Å². The highest BCUT2D eigenvalue weighted by Crippen LogP contribution is 2.30. The lowest BCUT2D eigenvalue weighted by Crippen LogP contribution is -2.48. The zero-order valence-corrected chi connectivity index (χ0v) is 24.0. The van der Waals surface area contributed by atoms with Gasteiger partial charge in [0.15, 0.2) is 11.5 Å². The lowest BCUT2D eigenvalue weighted by molar-refractivity contribution is -0.0648. The van der Waals surface area contributed by atoms with Crippen LogP contribution in [0.15, 0.2) is 42.7 Å². The third-order valence-corrected chi connectivity index (χ3v) is 7.25. The van der Waals surface area contributed by atoms with E-state index in [0.29, 0.717) is 32.1 Å². The van der Waals surface area contributed by atoms with E-state index in [2.05, 4.69) is 47.4 Å². The second kappa shape index (κ2) is 13.3. The molecule has 0 saturated carbocycles. The van der Waals surface area contributed by atoms with E-state index >= 15 is 0 Å². The fourth-order valence-electron chi connectivity index (χ4n) is 5.04. The van der Waals surface area contributed by atoms with Crippen LogP contribution >= 0.6 is 0 Å². The van der Waals surface area contributed by atoms with E-state index in [4.69, 9.17) is 18.9 Å². The zero-order chi connectivity index (χ0) is 27.8. The molecule has 1 aromatic heterocycles. The van der Waals surface area contributed by atoms with E-state index in [9.17, 15) is 5.11 Å². The first-order chi connectivity index (χ1) is 18.8. The molecule has 0 aliphatic carbocycles. The molecule has 212 valence electrons. The van der Waals surface area contributed by atoms with Crippen LogP contribution in [-0.2, 0) is 24.2 Å². The third-order valence-electron chi connectivity index (χ3n) is 7.25. The van der Waals surface area contributed by atoms with Gasteiger partial charge in [0.25, 0.3) is 0 Å². The molecule has 1 aliphatic heterocycles. The third kappa shape index (κ3) is 7.75. The van der Waals surface area contributed by atoms with Crippen molar-refractivity contribution in [3.63, 3.8) is 0 Å². The SMILES string of the molecule is CCc1nccn1CCCOc1ccc(CN2CCOCC(O)(COc3cc(C)cc(C)c3C)C2)cc1OC. The number of benzene rings is 2. The van der Waals surface area contributed by atoms with Crippen LogP contribution in [0.4, 0.5) is 0 Å². The van der Waals surface area contributed by atoms with E-state index in [-0.39, 0.29) is 13.2 Å². The summed E-state index contributed by atoms with van der Waals surface area (Å²) in [5.74, 6) is 3.34. The van der Waals surface area contributed by atoms with Gasteiger partial charge in [0.05, 0.1) is 26.9 Å². The Labute approximate surface area is 232 Å². The van der Waals surface area contributed by atoms with Crippen LogP contribution in [0.2, 0.25) is 0 Å². The van der Waals surface area contributed by atoms with Gasteiger partial charge in [0.1, 0.15) is 23.8 Å². The molecule has 1 atom stereocenters. The van der Waals surface area contributed by atoms with Crippen molar-refractivity contribution in [1.82, 2.24) is 14.5 Å². The van der Waals surface area contributed by atoms with Crippen LogP contribution in [0.3, 0.4) is 0 Å². The number of nitrogens with zero attached hydrogens (tertiary/aromatic N) is 3. The van der Waals surface area contributed by atoms with E-state index in [1.807, 2.05) is 37.5 Å². The molecular formula is C31H43N3O5. The molecule has 2 aromatic carbocycles. The summed E-state index contributed by atoms with van der Waals surface area (Å²) < 4.78 is 25.8. The van der Waals surface area contributed by atoms with Crippen molar-refractivity contribution >= 4 is 0 Å². The molecule has 3 aromatic rings. The molecule has 2 heterocycles. The zero-order valence-electron chi connectivity index (χ0n) is 24.0. The predicted octanol–water partition coefficient (Wildman–Crippen LogP) is 4.49. The smallest absolute Gasteiger partial charge is 0.161 e. The Morgan fingerprint density at radius 3 is 2.72 bits per heavy atom. The summed E-state index contributed by atoms with van der Waals surface area (Å²) in [5.41, 5.74) is 3.39. The average molecular weight is 538 g/mol. The van der Waals surface area contributed by atoms with Crippen molar-refractivity contribution in [2.45, 2.75) is 59.2 Å². The van der Waals surface area contributed by atoms with E-state index in [0.717, 1.165) is 59.9 Å². The minimum absolute atomic E-state index is 0.169. The van der Waals surface area contributed by atoms with Gasteiger partial charge in [-0.3, -0.25) is 4.90 Å². The summed E-state index contributed by atoms with van der Waals surface area (Å²) in [4.78, 5) is 6.58.